The van der Waals surface area contributed by atoms with E-state index in [-0.39, 0.29) is 42.7 Å². The van der Waals surface area contributed by atoms with Gasteiger partial charge in [0.2, 0.25) is 0 Å². The summed E-state index contributed by atoms with van der Waals surface area (Å²) in [5.74, 6) is -1.74. The van der Waals surface area contributed by atoms with Gasteiger partial charge in [0.25, 0.3) is 0 Å². The Bertz CT molecular complexity index is 989. The van der Waals surface area contributed by atoms with Gasteiger partial charge in [0.05, 0.1) is 40.3 Å². The maximum Gasteiger partial charge on any atom is 0.306 e. The number of aliphatic carboxylic acids is 1. The summed E-state index contributed by atoms with van der Waals surface area (Å²) in [7, 11) is 5.41. The highest BCUT2D eigenvalue weighted by atomic mass is 16.6. The van der Waals surface area contributed by atoms with Crippen molar-refractivity contribution in [3.8, 4) is 0 Å². The van der Waals surface area contributed by atoms with Crippen molar-refractivity contribution in [2.75, 3.05) is 41.0 Å². The Kier molecular flexibility index (Phi) is 39.0. The molecule has 0 fully saturated rings. The lowest BCUT2D eigenvalue weighted by atomic mass is 10.1. The number of quaternary nitrogens is 1. The number of likely N-dealkylation sites (N-methyl/N-ethyl adjacent to an activating group) is 1. The lowest BCUT2D eigenvalue weighted by molar-refractivity contribution is -0.889. The largest absolute Gasteiger partial charge is 0.544 e. The number of carbonyl (C=O) groups is 3. The standard InChI is InChI=1S/C49H91NO7/c1-6-8-10-12-14-16-18-20-22-24-26-28-30-32-34-36-38-40-48(52)57-45(43-55-42-41-46(49(53)54)50(3,4)5)44-56-47(51)39-37-35-33-31-29-27-25-23-21-19-17-15-13-11-9-7-2/h20,22-23,25,45-46H,6-19,21,24,26-44H2,1-5H3/b22-20-,25-23-. The van der Waals surface area contributed by atoms with Crippen LogP contribution in [-0.4, -0.2) is 75.5 Å². The van der Waals surface area contributed by atoms with Gasteiger partial charge in [0.15, 0.2) is 6.10 Å². The second-order valence-electron chi connectivity index (χ2n) is 17.3. The van der Waals surface area contributed by atoms with E-state index in [9.17, 15) is 19.5 Å². The molecule has 8 nitrogen and oxygen atoms in total. The van der Waals surface area contributed by atoms with Gasteiger partial charge in [-0.2, -0.15) is 0 Å². The van der Waals surface area contributed by atoms with E-state index in [0.717, 1.165) is 51.4 Å². The quantitative estimate of drug-likeness (QED) is 0.0262. The zero-order valence-corrected chi connectivity index (χ0v) is 38.0. The third-order valence-electron chi connectivity index (χ3n) is 10.8. The van der Waals surface area contributed by atoms with Gasteiger partial charge in [-0.25, -0.2) is 0 Å². The van der Waals surface area contributed by atoms with Crippen LogP contribution in [0.25, 0.3) is 0 Å². The summed E-state index contributed by atoms with van der Waals surface area (Å²) in [6, 6.07) is -0.725. The minimum atomic E-state index is -1.12. The van der Waals surface area contributed by atoms with Crippen molar-refractivity contribution in [2.24, 2.45) is 0 Å². The fraction of sp³-hybridized carbons (Fsp3) is 0.857. The number of rotatable bonds is 43. The van der Waals surface area contributed by atoms with Gasteiger partial charge in [-0.05, 0) is 64.2 Å². The second kappa shape index (κ2) is 40.6. The van der Waals surface area contributed by atoms with Gasteiger partial charge < -0.3 is 28.6 Å². The molecule has 0 N–H and O–H groups in total. The number of carbonyl (C=O) groups excluding carboxylic acids is 3. The van der Waals surface area contributed by atoms with Gasteiger partial charge in [-0.1, -0.05) is 160 Å². The molecule has 0 saturated carbocycles. The molecule has 0 radical (unpaired) electrons. The van der Waals surface area contributed by atoms with Gasteiger partial charge in [0.1, 0.15) is 12.6 Å². The van der Waals surface area contributed by atoms with Gasteiger partial charge in [-0.15, -0.1) is 0 Å². The lowest BCUT2D eigenvalue weighted by Crippen LogP contribution is -2.55. The molecule has 334 valence electrons. The molecule has 0 aliphatic carbocycles. The Labute approximate surface area is 351 Å². The predicted octanol–water partition coefficient (Wildman–Crippen LogP) is 11.9. The van der Waals surface area contributed by atoms with Crippen LogP contribution in [0.15, 0.2) is 24.3 Å². The minimum absolute atomic E-state index is 0.0393. The van der Waals surface area contributed by atoms with Crippen LogP contribution >= 0.6 is 0 Å². The average Bonchev–Trinajstić information content (AvgIpc) is 3.17. The first-order chi connectivity index (χ1) is 27.6. The zero-order valence-electron chi connectivity index (χ0n) is 38.0. The third kappa shape index (κ3) is 39.1. The normalized spacial score (nSPS) is 13.1. The highest BCUT2D eigenvalue weighted by Gasteiger charge is 2.25. The third-order valence-corrected chi connectivity index (χ3v) is 10.8. The summed E-state index contributed by atoms with van der Waals surface area (Å²) < 4.78 is 17.2. The maximum atomic E-state index is 12.7. The van der Waals surface area contributed by atoms with E-state index < -0.39 is 18.1 Å². The van der Waals surface area contributed by atoms with Crippen molar-refractivity contribution in [3.63, 3.8) is 0 Å². The number of allylic oxidation sites excluding steroid dienone is 4. The fourth-order valence-corrected chi connectivity index (χ4v) is 7.06. The van der Waals surface area contributed by atoms with Gasteiger partial charge in [0, 0.05) is 19.3 Å². The Hall–Kier alpha value is -2.19. The van der Waals surface area contributed by atoms with Crippen LogP contribution in [0.5, 0.6) is 0 Å². The number of unbranched alkanes of at least 4 members (excludes halogenated alkanes) is 25. The van der Waals surface area contributed by atoms with Crippen LogP contribution in [0.4, 0.5) is 0 Å². The van der Waals surface area contributed by atoms with E-state index in [1.54, 1.807) is 21.1 Å². The molecule has 0 aromatic rings. The van der Waals surface area contributed by atoms with E-state index in [1.165, 1.54) is 135 Å². The van der Waals surface area contributed by atoms with Crippen LogP contribution in [0.3, 0.4) is 0 Å². The number of hydrogen-bond acceptors (Lipinski definition) is 7. The smallest absolute Gasteiger partial charge is 0.306 e. The molecule has 0 aliphatic rings. The van der Waals surface area contributed by atoms with E-state index in [2.05, 4.69) is 38.2 Å². The molecular weight excluding hydrogens is 715 g/mol. The summed E-state index contributed by atoms with van der Waals surface area (Å²) in [4.78, 5) is 36.9. The molecule has 0 aromatic carbocycles. The summed E-state index contributed by atoms with van der Waals surface area (Å²) in [5, 5.41) is 11.6. The van der Waals surface area contributed by atoms with Gasteiger partial charge in [-0.3, -0.25) is 9.59 Å². The van der Waals surface area contributed by atoms with Crippen molar-refractivity contribution >= 4 is 17.9 Å². The average molecular weight is 806 g/mol. The molecular formula is C49H91NO7. The van der Waals surface area contributed by atoms with Crippen molar-refractivity contribution in [1.29, 1.82) is 0 Å². The molecule has 2 atom stereocenters. The second-order valence-corrected chi connectivity index (χ2v) is 17.3. The number of hydrogen-bond donors (Lipinski definition) is 0. The first-order valence-electron chi connectivity index (χ1n) is 23.9. The molecule has 8 heteroatoms. The topological polar surface area (TPSA) is 102 Å². The summed E-state index contributed by atoms with van der Waals surface area (Å²) in [6.07, 6.45) is 44.8. The number of carboxylic acids is 1. The molecule has 0 aromatic heterocycles. The molecule has 57 heavy (non-hydrogen) atoms. The molecule has 0 amide bonds. The molecule has 0 heterocycles. The van der Waals surface area contributed by atoms with Crippen LogP contribution in [0.1, 0.15) is 219 Å². The molecule has 0 saturated heterocycles. The van der Waals surface area contributed by atoms with E-state index >= 15 is 0 Å². The molecule has 0 bridgehead atoms. The number of ether oxygens (including phenoxy) is 3. The predicted molar refractivity (Wildman–Crippen MR) is 236 cm³/mol. The molecule has 0 spiro atoms. The SMILES string of the molecule is CCCCCCCC/C=C\CCCCCCCCCC(=O)OC(COCCC(C(=O)[O-])[N+](C)(C)C)COC(=O)CCCCCCC/C=C\CCCCCCCCC. The van der Waals surface area contributed by atoms with Crippen molar-refractivity contribution in [1.82, 2.24) is 0 Å². The number of esters is 2. The van der Waals surface area contributed by atoms with E-state index in [4.69, 9.17) is 14.2 Å². The monoisotopic (exact) mass is 806 g/mol. The first kappa shape index (κ1) is 54.8. The minimum Gasteiger partial charge on any atom is -0.544 e. The Balaban J connectivity index is 4.30. The fourth-order valence-electron chi connectivity index (χ4n) is 7.06. The van der Waals surface area contributed by atoms with Gasteiger partial charge >= 0.3 is 11.9 Å². The summed E-state index contributed by atoms with van der Waals surface area (Å²) >= 11 is 0. The van der Waals surface area contributed by atoms with Crippen molar-refractivity contribution < 1.29 is 38.2 Å². The van der Waals surface area contributed by atoms with Crippen molar-refractivity contribution in [2.45, 2.75) is 231 Å². The summed E-state index contributed by atoms with van der Waals surface area (Å²) in [5.41, 5.74) is 0. The maximum absolute atomic E-state index is 12.7. The van der Waals surface area contributed by atoms with E-state index in [1.807, 2.05) is 0 Å². The zero-order chi connectivity index (χ0) is 42.1. The Morgan fingerprint density at radius 1 is 0.509 bits per heavy atom. The number of nitrogens with zero attached hydrogens (tertiary/aromatic N) is 1. The first-order valence-corrected chi connectivity index (χ1v) is 23.9. The lowest BCUT2D eigenvalue weighted by Gasteiger charge is -2.34. The van der Waals surface area contributed by atoms with Crippen LogP contribution in [0, 0.1) is 0 Å². The summed E-state index contributed by atoms with van der Waals surface area (Å²) in [6.45, 7) is 4.66. The highest BCUT2D eigenvalue weighted by molar-refractivity contribution is 5.70. The molecule has 0 aliphatic heterocycles. The van der Waals surface area contributed by atoms with Crippen LogP contribution < -0.4 is 5.11 Å². The van der Waals surface area contributed by atoms with E-state index in [0.29, 0.717) is 12.8 Å². The Morgan fingerprint density at radius 3 is 1.26 bits per heavy atom. The number of carboxylic acid groups (broad SMARTS) is 1. The molecule has 2 unspecified atom stereocenters. The molecule has 0 rings (SSSR count). The van der Waals surface area contributed by atoms with Crippen LogP contribution in [-0.2, 0) is 28.6 Å². The highest BCUT2D eigenvalue weighted by Crippen LogP contribution is 2.14. The van der Waals surface area contributed by atoms with Crippen LogP contribution in [0.2, 0.25) is 0 Å². The van der Waals surface area contributed by atoms with Crippen molar-refractivity contribution in [3.05, 3.63) is 24.3 Å². The Morgan fingerprint density at radius 2 is 0.877 bits per heavy atom.